The van der Waals surface area contributed by atoms with Gasteiger partial charge in [0.25, 0.3) is 0 Å². The topological polar surface area (TPSA) is 52.9 Å². The van der Waals surface area contributed by atoms with Gasteiger partial charge in [0, 0.05) is 25.0 Å². The Morgan fingerprint density at radius 1 is 0.758 bits per heavy atom. The van der Waals surface area contributed by atoms with Gasteiger partial charge in [-0.1, -0.05) is 59.7 Å². The number of benzene rings is 2. The average Bonchev–Trinajstić information content (AvgIpc) is 2.72. The summed E-state index contributed by atoms with van der Waals surface area (Å²) in [6, 6.07) is 10.3. The Morgan fingerprint density at radius 3 is 1.42 bits per heavy atom. The minimum atomic E-state index is -3.03. The molecule has 2 aromatic carbocycles. The maximum atomic E-state index is 14.7. The minimum absolute atomic E-state index is 0.185. The molecular weight excluding hydrogens is 453 g/mol. The van der Waals surface area contributed by atoms with Crippen LogP contribution in [0.15, 0.2) is 30.3 Å². The van der Waals surface area contributed by atoms with Gasteiger partial charge in [-0.2, -0.15) is 8.78 Å². The molecule has 0 saturated heterocycles. The van der Waals surface area contributed by atoms with E-state index in [9.17, 15) is 17.6 Å². The Bertz CT molecular complexity index is 862. The van der Waals surface area contributed by atoms with E-state index in [1.165, 1.54) is 5.69 Å². The van der Waals surface area contributed by atoms with E-state index >= 15 is 0 Å². The molecule has 4 nitrogen and oxygen atoms in total. The summed E-state index contributed by atoms with van der Waals surface area (Å²) in [4.78, 5) is 2.08. The lowest BCUT2D eigenvalue weighted by molar-refractivity contribution is 0.269. The van der Waals surface area contributed by atoms with Crippen molar-refractivity contribution in [3.63, 3.8) is 0 Å². The van der Waals surface area contributed by atoms with Crippen LogP contribution in [-0.2, 0) is 0 Å². The van der Waals surface area contributed by atoms with Crippen molar-refractivity contribution < 1.29 is 32.3 Å². The molecule has 2 N–H and O–H groups in total. The molecule has 0 amide bonds. The zero-order valence-electron chi connectivity index (χ0n) is 20.5. The maximum absolute atomic E-state index is 14.7. The second-order valence-electron chi connectivity index (χ2n) is 9.03. The van der Waals surface area contributed by atoms with E-state index < -0.39 is 49.6 Å². The van der Waals surface area contributed by atoms with E-state index in [0.29, 0.717) is 0 Å². The van der Waals surface area contributed by atoms with Gasteiger partial charge in [0.05, 0.1) is 0 Å². The summed E-state index contributed by atoms with van der Waals surface area (Å²) in [6.45, 7) is 10.8. The summed E-state index contributed by atoms with van der Waals surface area (Å²) < 4.78 is 62.1. The Kier molecular flexibility index (Phi) is 10.5. The quantitative estimate of drug-likeness (QED) is 0.319. The van der Waals surface area contributed by atoms with Gasteiger partial charge in [-0.05, 0) is 28.8 Å². The van der Waals surface area contributed by atoms with Crippen molar-refractivity contribution in [2.75, 3.05) is 19.0 Å². The lowest BCUT2D eigenvalue weighted by atomic mass is 10.2. The molecule has 10 heteroatoms. The molecule has 0 bridgehead atoms. The normalized spacial score (nSPS) is 11.5. The minimum Gasteiger partial charge on any atom is -0.507 e. The monoisotopic (exact) mass is 487 g/mol. The molecule has 2 aromatic rings. The van der Waals surface area contributed by atoms with Crippen LogP contribution in [0.2, 0.25) is 16.6 Å². The zero-order chi connectivity index (χ0) is 25.7. The number of anilines is 1. The highest BCUT2D eigenvalue weighted by Crippen LogP contribution is 2.43. The molecule has 33 heavy (non-hydrogen) atoms. The van der Waals surface area contributed by atoms with Gasteiger partial charge in [-0.3, -0.25) is 0 Å². The van der Waals surface area contributed by atoms with Gasteiger partial charge in [-0.15, -0.1) is 0 Å². The second kappa shape index (κ2) is 11.9. The van der Waals surface area contributed by atoms with Crippen molar-refractivity contribution in [3.05, 3.63) is 53.6 Å². The van der Waals surface area contributed by atoms with Crippen molar-refractivity contribution >= 4 is 26.3 Å². The SMILES string of the molecule is CC(C)[Si](c1c(F)c(F)c(OB(O)O)c(F)c1F)(C(C)C)C(C)C.CN(C)c1ccccc1. The number of hydrogen-bond acceptors (Lipinski definition) is 4. The summed E-state index contributed by atoms with van der Waals surface area (Å²) in [7, 11) is -1.55. The van der Waals surface area contributed by atoms with E-state index in [4.69, 9.17) is 10.0 Å². The summed E-state index contributed by atoms with van der Waals surface area (Å²) in [6.07, 6.45) is 0. The fraction of sp³-hybridized carbons (Fsp3) is 0.478. The second-order valence-corrected chi connectivity index (χ2v) is 14.9. The molecular formula is C23H34BF4NO3Si. The first kappa shape index (κ1) is 29.0. The van der Waals surface area contributed by atoms with Gasteiger partial charge in [0.1, 0.15) is 8.07 Å². The van der Waals surface area contributed by atoms with Gasteiger partial charge in [0.15, 0.2) is 17.4 Å². The fourth-order valence-corrected chi connectivity index (χ4v) is 11.5. The molecule has 0 aromatic heterocycles. The average molecular weight is 487 g/mol. The standard InChI is InChI=1S/C15H23BF4O3Si.C8H11N/c1-7(2)24(8(3)4,9(5)6)15-12(19)10(17)14(23-16(21)22)11(18)13(15)20;1-9(2)8-6-4-3-5-7-8/h7-9,21-22H,1-6H3;3-7H,1-2H3. The lowest BCUT2D eigenvalue weighted by Gasteiger charge is -2.43. The molecule has 0 fully saturated rings. The first-order valence-electron chi connectivity index (χ1n) is 10.8. The molecule has 0 aliphatic carbocycles. The lowest BCUT2D eigenvalue weighted by Crippen LogP contribution is -2.58. The fourth-order valence-electron chi connectivity index (χ4n) is 4.79. The molecule has 0 aliphatic heterocycles. The highest BCUT2D eigenvalue weighted by Gasteiger charge is 2.50. The third-order valence-electron chi connectivity index (χ3n) is 6.02. The molecule has 2 rings (SSSR count). The third kappa shape index (κ3) is 6.10. The van der Waals surface area contributed by atoms with Crippen LogP contribution in [0.25, 0.3) is 0 Å². The van der Waals surface area contributed by atoms with Gasteiger partial charge >= 0.3 is 7.32 Å². The molecule has 0 unspecified atom stereocenters. The highest BCUT2D eigenvalue weighted by molar-refractivity contribution is 6.95. The van der Waals surface area contributed by atoms with Crippen LogP contribution in [0, 0.1) is 23.3 Å². The number of nitrogens with zero attached hydrogens (tertiary/aromatic N) is 1. The van der Waals surface area contributed by atoms with Crippen LogP contribution in [0.4, 0.5) is 23.2 Å². The first-order valence-corrected chi connectivity index (χ1v) is 13.1. The van der Waals surface area contributed by atoms with E-state index in [2.05, 4.69) is 21.7 Å². The predicted octanol–water partition coefficient (Wildman–Crippen LogP) is 5.23. The summed E-state index contributed by atoms with van der Waals surface area (Å²) in [5.41, 5.74) is 0.694. The van der Waals surface area contributed by atoms with Crippen molar-refractivity contribution in [3.8, 4) is 5.75 Å². The zero-order valence-corrected chi connectivity index (χ0v) is 21.5. The molecule has 0 aliphatic rings. The van der Waals surface area contributed by atoms with E-state index in [1.807, 2.05) is 32.3 Å². The van der Waals surface area contributed by atoms with Crippen LogP contribution < -0.4 is 14.7 Å². The molecule has 0 spiro atoms. The van der Waals surface area contributed by atoms with Gasteiger partial charge in [-0.25, -0.2) is 8.78 Å². The molecule has 0 radical (unpaired) electrons. The third-order valence-corrected chi connectivity index (χ3v) is 13.1. The summed E-state index contributed by atoms with van der Waals surface area (Å²) >= 11 is 0. The Morgan fingerprint density at radius 2 is 1.15 bits per heavy atom. The van der Waals surface area contributed by atoms with Gasteiger partial charge < -0.3 is 19.6 Å². The summed E-state index contributed by atoms with van der Waals surface area (Å²) in [5, 5.41) is 16.8. The first-order chi connectivity index (χ1) is 15.2. The number of hydrogen-bond donors (Lipinski definition) is 2. The maximum Gasteiger partial charge on any atom is 0.707 e. The van der Waals surface area contributed by atoms with Crippen molar-refractivity contribution in [1.29, 1.82) is 0 Å². The van der Waals surface area contributed by atoms with Gasteiger partial charge in [0.2, 0.25) is 11.6 Å². The van der Waals surface area contributed by atoms with E-state index in [-0.39, 0.29) is 16.6 Å². The molecule has 0 heterocycles. The number of para-hydroxylation sites is 1. The van der Waals surface area contributed by atoms with E-state index in [0.717, 1.165) is 0 Å². The van der Waals surface area contributed by atoms with Crippen LogP contribution in [0.3, 0.4) is 0 Å². The molecule has 184 valence electrons. The van der Waals surface area contributed by atoms with Crippen LogP contribution in [0.1, 0.15) is 41.5 Å². The Hall–Kier alpha value is -2.04. The largest absolute Gasteiger partial charge is 0.707 e. The predicted molar refractivity (Wildman–Crippen MR) is 129 cm³/mol. The molecule has 0 atom stereocenters. The summed E-state index contributed by atoms with van der Waals surface area (Å²) in [5.74, 6) is -8.02. The van der Waals surface area contributed by atoms with Crippen LogP contribution >= 0.6 is 0 Å². The van der Waals surface area contributed by atoms with Crippen molar-refractivity contribution in [2.45, 2.75) is 58.2 Å². The number of rotatable bonds is 7. The van der Waals surface area contributed by atoms with Crippen LogP contribution in [0.5, 0.6) is 5.75 Å². The van der Waals surface area contributed by atoms with Crippen molar-refractivity contribution in [2.24, 2.45) is 0 Å². The Labute approximate surface area is 195 Å². The van der Waals surface area contributed by atoms with Crippen molar-refractivity contribution in [1.82, 2.24) is 0 Å². The van der Waals surface area contributed by atoms with Crippen LogP contribution in [-0.4, -0.2) is 39.5 Å². The number of halogens is 4. The Balaban J connectivity index is 0.000000502. The van der Waals surface area contributed by atoms with E-state index in [1.54, 1.807) is 41.5 Å². The molecule has 0 saturated carbocycles. The smallest absolute Gasteiger partial charge is 0.507 e. The highest BCUT2D eigenvalue weighted by atomic mass is 28.3.